The van der Waals surface area contributed by atoms with Crippen LogP contribution < -0.4 is 5.32 Å². The Kier molecular flexibility index (Phi) is 7.33. The molecule has 0 radical (unpaired) electrons. The first-order chi connectivity index (χ1) is 13.2. The predicted molar refractivity (Wildman–Crippen MR) is 100 cm³/mol. The van der Waals surface area contributed by atoms with Crippen molar-refractivity contribution in [3.05, 3.63) is 52.2 Å². The van der Waals surface area contributed by atoms with Gasteiger partial charge in [0.05, 0.1) is 22.7 Å². The minimum absolute atomic E-state index is 0.00831. The lowest BCUT2D eigenvalue weighted by atomic mass is 10.1. The molecule has 28 heavy (non-hydrogen) atoms. The second kappa shape index (κ2) is 9.50. The molecule has 9 heteroatoms. The average Bonchev–Trinajstić information content (AvgIpc) is 3.18. The molecule has 0 fully saturated rings. The van der Waals surface area contributed by atoms with E-state index in [0.29, 0.717) is 4.88 Å². The first kappa shape index (κ1) is 21.6. The van der Waals surface area contributed by atoms with Crippen molar-refractivity contribution in [1.29, 1.82) is 0 Å². The van der Waals surface area contributed by atoms with Crippen LogP contribution in [0.25, 0.3) is 0 Å². The Labute approximate surface area is 164 Å². The number of benzene rings is 1. The summed E-state index contributed by atoms with van der Waals surface area (Å²) in [5.41, 5.74) is -1.32. The van der Waals surface area contributed by atoms with E-state index in [1.54, 1.807) is 24.4 Å². The van der Waals surface area contributed by atoms with Crippen molar-refractivity contribution in [3.63, 3.8) is 0 Å². The van der Waals surface area contributed by atoms with E-state index in [9.17, 15) is 27.6 Å². The van der Waals surface area contributed by atoms with Crippen LogP contribution in [0.15, 0.2) is 41.8 Å². The van der Waals surface area contributed by atoms with Crippen LogP contribution in [0.2, 0.25) is 0 Å². The van der Waals surface area contributed by atoms with Gasteiger partial charge in [0.2, 0.25) is 11.8 Å². The molecule has 2 aromatic rings. The summed E-state index contributed by atoms with van der Waals surface area (Å²) in [4.78, 5) is 38.2. The number of likely N-dealkylation sites (N-methyl/N-ethyl adjacent to an activating group) is 1. The molecule has 0 aliphatic rings. The van der Waals surface area contributed by atoms with Crippen molar-refractivity contribution in [2.75, 3.05) is 18.4 Å². The molecule has 0 saturated heterocycles. The van der Waals surface area contributed by atoms with Crippen molar-refractivity contribution < 1.29 is 27.6 Å². The molecule has 150 valence electrons. The maximum Gasteiger partial charge on any atom is 0.418 e. The Morgan fingerprint density at radius 3 is 2.39 bits per heavy atom. The van der Waals surface area contributed by atoms with Crippen molar-refractivity contribution in [1.82, 2.24) is 4.90 Å². The third-order valence-corrected chi connectivity index (χ3v) is 4.85. The number of thiophene rings is 1. The SMILES string of the molecule is CCN(CC(=O)Nc1ccccc1C(F)(F)F)C(=O)CCC(=O)c1cccs1. The Bertz CT molecular complexity index is 835. The van der Waals surface area contributed by atoms with E-state index in [0.717, 1.165) is 12.1 Å². The molecule has 2 amide bonds. The first-order valence-corrected chi connectivity index (χ1v) is 9.41. The summed E-state index contributed by atoms with van der Waals surface area (Å²) in [6, 6.07) is 8.03. The molecule has 1 N–H and O–H groups in total. The van der Waals surface area contributed by atoms with Crippen molar-refractivity contribution in [3.8, 4) is 0 Å². The van der Waals surface area contributed by atoms with Gasteiger partial charge in [0.1, 0.15) is 0 Å². The number of para-hydroxylation sites is 1. The molecule has 1 aromatic heterocycles. The summed E-state index contributed by atoms with van der Waals surface area (Å²) in [6.07, 6.45) is -4.67. The van der Waals surface area contributed by atoms with Crippen LogP contribution in [0.5, 0.6) is 0 Å². The Morgan fingerprint density at radius 2 is 1.79 bits per heavy atom. The number of nitrogens with zero attached hydrogens (tertiary/aromatic N) is 1. The lowest BCUT2D eigenvalue weighted by Crippen LogP contribution is -2.38. The summed E-state index contributed by atoms with van der Waals surface area (Å²) in [5, 5.41) is 3.97. The van der Waals surface area contributed by atoms with E-state index in [-0.39, 0.29) is 30.9 Å². The Balaban J connectivity index is 1.94. The van der Waals surface area contributed by atoms with E-state index < -0.39 is 30.1 Å². The van der Waals surface area contributed by atoms with Crippen molar-refractivity contribution in [2.24, 2.45) is 0 Å². The number of rotatable bonds is 8. The molecule has 0 aliphatic heterocycles. The van der Waals surface area contributed by atoms with Crippen LogP contribution in [0, 0.1) is 0 Å². The number of carbonyl (C=O) groups excluding carboxylic acids is 3. The molecule has 0 spiro atoms. The van der Waals surface area contributed by atoms with E-state index in [2.05, 4.69) is 5.32 Å². The molecule has 2 rings (SSSR count). The average molecular weight is 412 g/mol. The topological polar surface area (TPSA) is 66.5 Å². The zero-order valence-corrected chi connectivity index (χ0v) is 15.9. The van der Waals surface area contributed by atoms with Gasteiger partial charge in [-0.05, 0) is 30.5 Å². The maximum absolute atomic E-state index is 13.0. The lowest BCUT2D eigenvalue weighted by Gasteiger charge is -2.21. The highest BCUT2D eigenvalue weighted by Gasteiger charge is 2.33. The van der Waals surface area contributed by atoms with Crippen LogP contribution in [-0.2, 0) is 15.8 Å². The van der Waals surface area contributed by atoms with Crippen LogP contribution in [0.3, 0.4) is 0 Å². The summed E-state index contributed by atoms with van der Waals surface area (Å²) in [7, 11) is 0. The number of carbonyl (C=O) groups is 3. The van der Waals surface area contributed by atoms with Crippen LogP contribution in [-0.4, -0.2) is 35.6 Å². The van der Waals surface area contributed by atoms with E-state index in [1.165, 1.54) is 28.4 Å². The largest absolute Gasteiger partial charge is 0.418 e. The molecule has 0 bridgehead atoms. The highest BCUT2D eigenvalue weighted by Crippen LogP contribution is 2.34. The molecule has 0 saturated carbocycles. The number of Topliss-reactive ketones (excluding diaryl/α,β-unsaturated/α-hetero) is 1. The lowest BCUT2D eigenvalue weighted by molar-refractivity contribution is -0.137. The van der Waals surface area contributed by atoms with Gasteiger partial charge in [0.25, 0.3) is 0 Å². The zero-order valence-electron chi connectivity index (χ0n) is 15.1. The fraction of sp³-hybridized carbons (Fsp3) is 0.316. The zero-order chi connectivity index (χ0) is 20.7. The van der Waals surface area contributed by atoms with E-state index in [1.807, 2.05) is 0 Å². The molecular weight excluding hydrogens is 393 g/mol. The molecule has 1 heterocycles. The molecule has 0 unspecified atom stereocenters. The minimum Gasteiger partial charge on any atom is -0.334 e. The third-order valence-electron chi connectivity index (χ3n) is 3.94. The van der Waals surface area contributed by atoms with Gasteiger partial charge in [0, 0.05) is 19.4 Å². The number of nitrogens with one attached hydrogen (secondary N) is 1. The highest BCUT2D eigenvalue weighted by atomic mass is 32.1. The van der Waals surface area contributed by atoms with Crippen molar-refractivity contribution >= 4 is 34.6 Å². The second-order valence-corrected chi connectivity index (χ2v) is 6.85. The van der Waals surface area contributed by atoms with Crippen LogP contribution in [0.4, 0.5) is 18.9 Å². The minimum atomic E-state index is -4.60. The summed E-state index contributed by atoms with van der Waals surface area (Å²) >= 11 is 1.28. The maximum atomic E-state index is 13.0. The first-order valence-electron chi connectivity index (χ1n) is 8.53. The smallest absolute Gasteiger partial charge is 0.334 e. The number of hydrogen-bond acceptors (Lipinski definition) is 4. The van der Waals surface area contributed by atoms with Gasteiger partial charge in [-0.25, -0.2) is 0 Å². The van der Waals surface area contributed by atoms with Crippen LogP contribution >= 0.6 is 11.3 Å². The van der Waals surface area contributed by atoms with Gasteiger partial charge < -0.3 is 10.2 Å². The number of hydrogen-bond donors (Lipinski definition) is 1. The van der Waals surface area contributed by atoms with E-state index >= 15 is 0 Å². The predicted octanol–water partition coefficient (Wildman–Crippen LogP) is 4.22. The van der Waals surface area contributed by atoms with Gasteiger partial charge in [0.15, 0.2) is 5.78 Å². The van der Waals surface area contributed by atoms with Gasteiger partial charge in [-0.1, -0.05) is 18.2 Å². The monoisotopic (exact) mass is 412 g/mol. The van der Waals surface area contributed by atoms with Gasteiger partial charge in [-0.2, -0.15) is 13.2 Å². The molecular formula is C19H19F3N2O3S. The van der Waals surface area contributed by atoms with Gasteiger partial charge in [-0.15, -0.1) is 11.3 Å². The number of alkyl halides is 3. The summed E-state index contributed by atoms with van der Waals surface area (Å²) in [5.74, 6) is -1.31. The Hall–Kier alpha value is -2.68. The van der Waals surface area contributed by atoms with Gasteiger partial charge >= 0.3 is 6.18 Å². The van der Waals surface area contributed by atoms with Crippen LogP contribution in [0.1, 0.15) is 35.0 Å². The quantitative estimate of drug-likeness (QED) is 0.661. The number of ketones is 1. The number of anilines is 1. The van der Waals surface area contributed by atoms with Gasteiger partial charge in [-0.3, -0.25) is 14.4 Å². The molecule has 5 nitrogen and oxygen atoms in total. The summed E-state index contributed by atoms with van der Waals surface area (Å²) in [6.45, 7) is 1.45. The normalized spacial score (nSPS) is 11.1. The summed E-state index contributed by atoms with van der Waals surface area (Å²) < 4.78 is 39.0. The Morgan fingerprint density at radius 1 is 1.07 bits per heavy atom. The number of halogens is 3. The number of amides is 2. The third kappa shape index (κ3) is 5.91. The fourth-order valence-electron chi connectivity index (χ4n) is 2.52. The van der Waals surface area contributed by atoms with E-state index in [4.69, 9.17) is 0 Å². The fourth-order valence-corrected chi connectivity index (χ4v) is 3.21. The molecule has 0 atom stereocenters. The standard InChI is InChI=1S/C19H19F3N2O3S/c1-2-24(18(27)10-9-15(25)16-8-5-11-28-16)12-17(26)23-14-7-4-3-6-13(14)19(20,21)22/h3-8,11H,2,9-10,12H2,1H3,(H,23,26). The molecule has 1 aromatic carbocycles. The van der Waals surface area contributed by atoms with Crippen molar-refractivity contribution in [2.45, 2.75) is 25.9 Å². The molecule has 0 aliphatic carbocycles. The second-order valence-electron chi connectivity index (χ2n) is 5.90. The highest BCUT2D eigenvalue weighted by molar-refractivity contribution is 7.12.